The molecule has 0 fully saturated rings. The summed E-state index contributed by atoms with van der Waals surface area (Å²) in [5.74, 6) is -0.324. The summed E-state index contributed by atoms with van der Waals surface area (Å²) in [7, 11) is 0. The van der Waals surface area contributed by atoms with Crippen molar-refractivity contribution in [3.05, 3.63) is 17.3 Å². The van der Waals surface area contributed by atoms with Gasteiger partial charge in [0.2, 0.25) is 0 Å². The molecule has 0 bridgehead atoms. The predicted molar refractivity (Wildman–Crippen MR) is 58.3 cm³/mol. The molecule has 2 rings (SSSR count). The molecule has 0 saturated carbocycles. The Kier molecular flexibility index (Phi) is 2.51. The van der Waals surface area contributed by atoms with E-state index < -0.39 is 5.97 Å². The Morgan fingerprint density at radius 2 is 2.40 bits per heavy atom. The summed E-state index contributed by atoms with van der Waals surface area (Å²) >= 11 is 1.51. The van der Waals surface area contributed by atoms with Gasteiger partial charge in [0.1, 0.15) is 18.7 Å². The minimum atomic E-state index is -0.907. The maximum Gasteiger partial charge on any atom is 0.322 e. The molecule has 0 radical (unpaired) electrons. The number of nitrogens with zero attached hydrogens (tertiary/aromatic N) is 2. The highest BCUT2D eigenvalue weighted by molar-refractivity contribution is 7.18. The summed E-state index contributed by atoms with van der Waals surface area (Å²) in [4.78, 5) is 18.6. The number of hydrogen-bond donors (Lipinski definition) is 2. The summed E-state index contributed by atoms with van der Waals surface area (Å²) in [6.45, 7) is 1.83. The first-order chi connectivity index (χ1) is 7.18. The number of aliphatic carboxylic acids is 1. The zero-order valence-electron chi connectivity index (χ0n) is 8.02. The smallest absolute Gasteiger partial charge is 0.322 e. The second-order valence-electron chi connectivity index (χ2n) is 3.07. The molecule has 6 heteroatoms. The zero-order valence-corrected chi connectivity index (χ0v) is 8.84. The Bertz CT molecular complexity index is 509. The molecule has 0 saturated heterocycles. The highest BCUT2D eigenvalue weighted by atomic mass is 32.1. The largest absolute Gasteiger partial charge is 0.480 e. The highest BCUT2D eigenvalue weighted by Gasteiger charge is 2.08. The van der Waals surface area contributed by atoms with E-state index >= 15 is 0 Å². The third-order valence-corrected chi connectivity index (χ3v) is 3.03. The molecule has 5 nitrogen and oxygen atoms in total. The fraction of sp³-hybridized carbons (Fsp3) is 0.222. The molecule has 2 N–H and O–H groups in total. The van der Waals surface area contributed by atoms with Crippen LogP contribution >= 0.6 is 11.3 Å². The minimum Gasteiger partial charge on any atom is -0.480 e. The molecule has 2 heterocycles. The molecule has 78 valence electrons. The fourth-order valence-corrected chi connectivity index (χ4v) is 2.22. The number of aromatic nitrogens is 2. The van der Waals surface area contributed by atoms with Gasteiger partial charge in [0, 0.05) is 0 Å². The molecule has 0 aliphatic carbocycles. The van der Waals surface area contributed by atoms with E-state index in [2.05, 4.69) is 15.3 Å². The van der Waals surface area contributed by atoms with E-state index in [9.17, 15) is 4.79 Å². The number of carboxylic acid groups (broad SMARTS) is 1. The number of nitrogens with one attached hydrogen (secondary N) is 1. The summed E-state index contributed by atoms with van der Waals surface area (Å²) in [6, 6.07) is 0. The maximum absolute atomic E-state index is 10.4. The van der Waals surface area contributed by atoms with E-state index in [0.717, 1.165) is 15.8 Å². The van der Waals surface area contributed by atoms with Crippen LogP contribution in [0.3, 0.4) is 0 Å². The Hall–Kier alpha value is -1.69. The summed E-state index contributed by atoms with van der Waals surface area (Å²) in [5, 5.41) is 13.3. The van der Waals surface area contributed by atoms with Gasteiger partial charge in [-0.3, -0.25) is 4.79 Å². The Labute approximate surface area is 89.8 Å². The van der Waals surface area contributed by atoms with E-state index in [1.54, 1.807) is 0 Å². The lowest BCUT2D eigenvalue weighted by Gasteiger charge is -2.02. The average molecular weight is 223 g/mol. The summed E-state index contributed by atoms with van der Waals surface area (Å²) < 4.78 is 0.899. The Morgan fingerprint density at radius 1 is 1.60 bits per heavy atom. The van der Waals surface area contributed by atoms with Crippen LogP contribution in [0.1, 0.15) is 5.56 Å². The molecule has 2 aromatic heterocycles. The Morgan fingerprint density at radius 3 is 3.13 bits per heavy atom. The number of fused-ring (bicyclic) bond motifs is 1. The van der Waals surface area contributed by atoms with Gasteiger partial charge in [0.25, 0.3) is 0 Å². The van der Waals surface area contributed by atoms with Crippen LogP contribution in [0.25, 0.3) is 10.2 Å². The van der Waals surface area contributed by atoms with Crippen LogP contribution in [0.2, 0.25) is 0 Å². The molecule has 15 heavy (non-hydrogen) atoms. The average Bonchev–Trinajstić information content (AvgIpc) is 2.58. The lowest BCUT2D eigenvalue weighted by molar-refractivity contribution is -0.134. The van der Waals surface area contributed by atoms with Gasteiger partial charge in [0.15, 0.2) is 0 Å². The predicted octanol–water partition coefficient (Wildman–Crippen LogP) is 1.50. The van der Waals surface area contributed by atoms with Crippen LogP contribution in [0.15, 0.2) is 11.7 Å². The third-order valence-electron chi connectivity index (χ3n) is 1.94. The molecule has 0 aromatic carbocycles. The monoisotopic (exact) mass is 223 g/mol. The first-order valence-corrected chi connectivity index (χ1v) is 5.21. The van der Waals surface area contributed by atoms with Crippen LogP contribution in [-0.4, -0.2) is 27.6 Å². The van der Waals surface area contributed by atoms with Gasteiger partial charge in [-0.1, -0.05) is 0 Å². The van der Waals surface area contributed by atoms with Gasteiger partial charge in [-0.2, -0.15) is 0 Å². The van der Waals surface area contributed by atoms with E-state index in [4.69, 9.17) is 5.11 Å². The van der Waals surface area contributed by atoms with Crippen molar-refractivity contribution in [1.29, 1.82) is 0 Å². The summed E-state index contributed by atoms with van der Waals surface area (Å²) in [6.07, 6.45) is 1.44. The van der Waals surface area contributed by atoms with E-state index in [1.165, 1.54) is 17.7 Å². The lowest BCUT2D eigenvalue weighted by atomic mass is 10.3. The van der Waals surface area contributed by atoms with Gasteiger partial charge in [-0.05, 0) is 17.9 Å². The second kappa shape index (κ2) is 3.82. The van der Waals surface area contributed by atoms with Crippen molar-refractivity contribution >= 4 is 33.3 Å². The van der Waals surface area contributed by atoms with Gasteiger partial charge in [-0.25, -0.2) is 9.97 Å². The SMILES string of the molecule is Cc1csc2c(NCC(=O)O)ncnc12. The number of carbonyl (C=O) groups is 1. The molecule has 0 unspecified atom stereocenters. The molecule has 0 aliphatic heterocycles. The van der Waals surface area contributed by atoms with Crippen molar-refractivity contribution < 1.29 is 9.90 Å². The number of rotatable bonds is 3. The normalized spacial score (nSPS) is 10.5. The molecular formula is C9H9N3O2S. The van der Waals surface area contributed by atoms with Crippen molar-refractivity contribution in [2.45, 2.75) is 6.92 Å². The number of hydrogen-bond acceptors (Lipinski definition) is 5. The van der Waals surface area contributed by atoms with Crippen LogP contribution in [0.4, 0.5) is 5.82 Å². The molecule has 0 spiro atoms. The highest BCUT2D eigenvalue weighted by Crippen LogP contribution is 2.28. The third kappa shape index (κ3) is 1.89. The molecule has 0 atom stereocenters. The zero-order chi connectivity index (χ0) is 10.8. The van der Waals surface area contributed by atoms with Crippen LogP contribution < -0.4 is 5.32 Å². The summed E-state index contributed by atoms with van der Waals surface area (Å²) in [5.41, 5.74) is 1.96. The van der Waals surface area contributed by atoms with E-state index in [0.29, 0.717) is 5.82 Å². The van der Waals surface area contributed by atoms with Crippen molar-refractivity contribution in [1.82, 2.24) is 9.97 Å². The van der Waals surface area contributed by atoms with Gasteiger partial charge < -0.3 is 10.4 Å². The molecule has 2 aromatic rings. The standard InChI is InChI=1S/C9H9N3O2S/c1-5-3-15-8-7(5)11-4-12-9(8)10-2-6(13)14/h3-4H,2H2,1H3,(H,13,14)(H,10,11,12). The molecule has 0 aliphatic rings. The van der Waals surface area contributed by atoms with Crippen molar-refractivity contribution in [2.75, 3.05) is 11.9 Å². The number of anilines is 1. The lowest BCUT2D eigenvalue weighted by Crippen LogP contribution is -2.13. The molecular weight excluding hydrogens is 214 g/mol. The van der Waals surface area contributed by atoms with Crippen molar-refractivity contribution in [3.8, 4) is 0 Å². The van der Waals surface area contributed by atoms with E-state index in [-0.39, 0.29) is 6.54 Å². The van der Waals surface area contributed by atoms with Gasteiger partial charge in [-0.15, -0.1) is 11.3 Å². The number of carboxylic acids is 1. The Balaban J connectivity index is 2.38. The van der Waals surface area contributed by atoms with Crippen LogP contribution in [0, 0.1) is 6.92 Å². The topological polar surface area (TPSA) is 75.1 Å². The number of thiophene rings is 1. The second-order valence-corrected chi connectivity index (χ2v) is 3.95. The fourth-order valence-electron chi connectivity index (χ4n) is 1.25. The van der Waals surface area contributed by atoms with Crippen molar-refractivity contribution in [3.63, 3.8) is 0 Å². The van der Waals surface area contributed by atoms with E-state index in [1.807, 2.05) is 12.3 Å². The molecule has 0 amide bonds. The number of aryl methyl sites for hydroxylation is 1. The van der Waals surface area contributed by atoms with Crippen LogP contribution in [-0.2, 0) is 4.79 Å². The van der Waals surface area contributed by atoms with Crippen LogP contribution in [0.5, 0.6) is 0 Å². The maximum atomic E-state index is 10.4. The van der Waals surface area contributed by atoms with Gasteiger partial charge >= 0.3 is 5.97 Å². The first kappa shape index (κ1) is 9.85. The first-order valence-electron chi connectivity index (χ1n) is 4.33. The van der Waals surface area contributed by atoms with Crippen molar-refractivity contribution in [2.24, 2.45) is 0 Å². The quantitative estimate of drug-likeness (QED) is 0.824. The minimum absolute atomic E-state index is 0.136. The van der Waals surface area contributed by atoms with Gasteiger partial charge in [0.05, 0.1) is 10.2 Å².